The third-order valence-corrected chi connectivity index (χ3v) is 7.46. The Morgan fingerprint density at radius 2 is 1.58 bits per heavy atom. The van der Waals surface area contributed by atoms with Crippen molar-refractivity contribution in [3.8, 4) is 11.5 Å². The summed E-state index contributed by atoms with van der Waals surface area (Å²) in [5.41, 5.74) is 5.34. The second kappa shape index (κ2) is 6.97. The molecule has 136 valence electrons. The largest absolute Gasteiger partial charge is 0.244 e. The van der Waals surface area contributed by atoms with Gasteiger partial charge in [0.25, 0.3) is 0 Å². The van der Waals surface area contributed by atoms with Gasteiger partial charge in [-0.3, -0.25) is 0 Å². The zero-order valence-corrected chi connectivity index (χ0v) is 18.7. The minimum atomic E-state index is -3.57. The van der Waals surface area contributed by atoms with Crippen LogP contribution in [0.2, 0.25) is 19.6 Å². The topological polar surface area (TPSA) is 37.1 Å². The van der Waals surface area contributed by atoms with Crippen molar-refractivity contribution in [2.75, 3.05) is 0 Å². The van der Waals surface area contributed by atoms with Crippen molar-refractivity contribution in [2.45, 2.75) is 43.5 Å². The number of halogens is 1. The second-order valence-corrected chi connectivity index (χ2v) is 15.1. The Morgan fingerprint density at radius 3 is 2.12 bits per heavy atom. The molecule has 0 saturated carbocycles. The summed E-state index contributed by atoms with van der Waals surface area (Å²) in [6.45, 7) is 8.43. The first-order valence-corrected chi connectivity index (χ1v) is 14.2. The highest BCUT2D eigenvalue weighted by Crippen LogP contribution is 2.47. The Balaban J connectivity index is 1.99. The molecule has 3 atom stereocenters. The van der Waals surface area contributed by atoms with Crippen LogP contribution in [0, 0.1) is 18.4 Å². The van der Waals surface area contributed by atoms with Gasteiger partial charge >= 0.3 is 0 Å². The third kappa shape index (κ3) is 4.12. The number of benzene rings is 2. The van der Waals surface area contributed by atoms with Gasteiger partial charge in [-0.2, -0.15) is 4.31 Å². The number of sulfonamides is 1. The summed E-state index contributed by atoms with van der Waals surface area (Å²) in [7, 11) is -5.16. The molecule has 1 aliphatic rings. The quantitative estimate of drug-likeness (QED) is 0.386. The van der Waals surface area contributed by atoms with Crippen molar-refractivity contribution in [1.82, 2.24) is 4.31 Å². The number of hydrogen-bond donors (Lipinski definition) is 0. The molecule has 6 heteroatoms. The molecule has 1 fully saturated rings. The lowest BCUT2D eigenvalue weighted by molar-refractivity contribution is 0.551. The molecule has 0 aromatic heterocycles. The van der Waals surface area contributed by atoms with Gasteiger partial charge < -0.3 is 0 Å². The number of aryl methyl sites for hydroxylation is 1. The van der Waals surface area contributed by atoms with Crippen LogP contribution in [0.25, 0.3) is 0 Å². The summed E-state index contributed by atoms with van der Waals surface area (Å²) in [5.74, 6) is 3.24. The van der Waals surface area contributed by atoms with E-state index in [9.17, 15) is 8.42 Å². The average Bonchev–Trinajstić information content (AvgIpc) is 3.29. The molecule has 0 aliphatic carbocycles. The first-order valence-electron chi connectivity index (χ1n) is 8.48. The van der Waals surface area contributed by atoms with Crippen LogP contribution in [0.3, 0.4) is 0 Å². The van der Waals surface area contributed by atoms with Crippen molar-refractivity contribution in [1.29, 1.82) is 0 Å². The van der Waals surface area contributed by atoms with Crippen LogP contribution < -0.4 is 0 Å². The molecular weight excluding hydrogens is 426 g/mol. The fraction of sp³-hybridized carbons (Fsp3) is 0.300. The minimum absolute atomic E-state index is 0.224. The summed E-state index contributed by atoms with van der Waals surface area (Å²) < 4.78 is 28.8. The SMILES string of the molecule is Cc1ccc(S(=O)(=O)N2[C@H](C#C[Si](C)(C)C)[C@@H]2c2ccc(Br)cc2)cc1. The normalized spacial score (nSPS) is 22.4. The van der Waals surface area contributed by atoms with Gasteiger partial charge in [0.1, 0.15) is 14.1 Å². The molecular formula is C20H22BrNO2SSi. The van der Waals surface area contributed by atoms with Gasteiger partial charge in [0.15, 0.2) is 0 Å². The molecule has 1 unspecified atom stereocenters. The summed E-state index contributed by atoms with van der Waals surface area (Å²) in [4.78, 5) is 0.322. The van der Waals surface area contributed by atoms with Gasteiger partial charge in [0.2, 0.25) is 10.0 Å². The lowest BCUT2D eigenvalue weighted by Gasteiger charge is -2.07. The fourth-order valence-corrected chi connectivity index (χ4v) is 5.28. The molecule has 26 heavy (non-hydrogen) atoms. The molecule has 0 bridgehead atoms. The maximum atomic E-state index is 13.2. The Labute approximate surface area is 165 Å². The van der Waals surface area contributed by atoms with E-state index in [2.05, 4.69) is 47.0 Å². The van der Waals surface area contributed by atoms with Crippen molar-refractivity contribution in [3.63, 3.8) is 0 Å². The Morgan fingerprint density at radius 1 is 1.00 bits per heavy atom. The molecule has 3 nitrogen and oxygen atoms in total. The third-order valence-electron chi connectivity index (χ3n) is 4.16. The maximum absolute atomic E-state index is 13.2. The predicted molar refractivity (Wildman–Crippen MR) is 112 cm³/mol. The molecule has 3 rings (SSSR count). The molecule has 0 N–H and O–H groups in total. The van der Waals surface area contributed by atoms with Crippen molar-refractivity contribution in [3.05, 3.63) is 64.1 Å². The second-order valence-electron chi connectivity index (χ2n) is 7.61. The first kappa shape index (κ1) is 19.4. The van der Waals surface area contributed by atoms with Gasteiger partial charge in [-0.05, 0) is 36.8 Å². The zero-order valence-electron chi connectivity index (χ0n) is 15.3. The van der Waals surface area contributed by atoms with E-state index < -0.39 is 18.1 Å². The molecule has 1 aliphatic heterocycles. The first-order chi connectivity index (χ1) is 12.1. The van der Waals surface area contributed by atoms with Crippen molar-refractivity contribution in [2.24, 2.45) is 0 Å². The lowest BCUT2D eigenvalue weighted by Crippen LogP contribution is -2.18. The van der Waals surface area contributed by atoms with Gasteiger partial charge in [0.05, 0.1) is 10.9 Å². The van der Waals surface area contributed by atoms with E-state index in [-0.39, 0.29) is 12.1 Å². The van der Waals surface area contributed by atoms with Crippen molar-refractivity contribution < 1.29 is 8.42 Å². The van der Waals surface area contributed by atoms with Crippen LogP contribution in [-0.2, 0) is 10.0 Å². The number of hydrogen-bond acceptors (Lipinski definition) is 2. The molecule has 0 amide bonds. The molecule has 0 spiro atoms. The van der Waals surface area contributed by atoms with E-state index in [1.165, 1.54) is 4.31 Å². The van der Waals surface area contributed by atoms with Crippen LogP contribution in [0.15, 0.2) is 57.9 Å². The summed E-state index contributed by atoms with van der Waals surface area (Å²) in [6.07, 6.45) is 0. The Bertz CT molecular complexity index is 968. The molecule has 1 heterocycles. The van der Waals surface area contributed by atoms with Gasteiger partial charge in [-0.25, -0.2) is 8.42 Å². The highest BCUT2D eigenvalue weighted by molar-refractivity contribution is 9.10. The molecule has 1 saturated heterocycles. The van der Waals surface area contributed by atoms with Crippen LogP contribution in [-0.4, -0.2) is 26.8 Å². The summed E-state index contributed by atoms with van der Waals surface area (Å²) in [6, 6.07) is 14.3. The van der Waals surface area contributed by atoms with E-state index in [1.54, 1.807) is 12.1 Å². The highest BCUT2D eigenvalue weighted by atomic mass is 79.9. The standard InChI is InChI=1S/C20H22BrNO2SSi/c1-15-5-11-18(12-6-15)25(23,24)22-19(13-14-26(2,3)4)20(22)16-7-9-17(21)10-8-16/h5-12,19-20H,1-4H3/t19-,20+,22?/m1/s1. The Hall–Kier alpha value is -1.39. The summed E-state index contributed by atoms with van der Waals surface area (Å²) >= 11 is 3.43. The molecule has 2 aromatic carbocycles. The smallest absolute Gasteiger partial charge is 0.207 e. The van der Waals surface area contributed by atoms with E-state index in [4.69, 9.17) is 0 Å². The highest BCUT2D eigenvalue weighted by Gasteiger charge is 2.55. The maximum Gasteiger partial charge on any atom is 0.244 e. The van der Waals surface area contributed by atoms with Crippen molar-refractivity contribution >= 4 is 34.0 Å². The fourth-order valence-electron chi connectivity index (χ4n) is 2.76. The number of rotatable bonds is 3. The van der Waals surface area contributed by atoms with Gasteiger partial charge in [0, 0.05) is 4.47 Å². The van der Waals surface area contributed by atoms with Gasteiger partial charge in [-0.15, -0.1) is 5.54 Å². The van der Waals surface area contributed by atoms with E-state index in [0.717, 1.165) is 15.6 Å². The Kier molecular flexibility index (Phi) is 5.19. The summed E-state index contributed by atoms with van der Waals surface area (Å²) in [5, 5.41) is 0. The van der Waals surface area contributed by atoms with Crippen LogP contribution >= 0.6 is 15.9 Å². The zero-order chi connectivity index (χ0) is 19.1. The van der Waals surface area contributed by atoms with Crippen LogP contribution in [0.5, 0.6) is 0 Å². The molecule has 0 radical (unpaired) electrons. The van der Waals surface area contributed by atoms with Gasteiger partial charge in [-0.1, -0.05) is 71.3 Å². The lowest BCUT2D eigenvalue weighted by atomic mass is 10.1. The predicted octanol–water partition coefficient (Wildman–Crippen LogP) is 4.75. The number of nitrogens with zero attached hydrogens (tertiary/aromatic N) is 1. The van der Waals surface area contributed by atoms with E-state index >= 15 is 0 Å². The van der Waals surface area contributed by atoms with Crippen LogP contribution in [0.1, 0.15) is 17.2 Å². The van der Waals surface area contributed by atoms with Crippen LogP contribution in [0.4, 0.5) is 0 Å². The minimum Gasteiger partial charge on any atom is -0.207 e. The van der Waals surface area contributed by atoms with E-state index in [0.29, 0.717) is 4.90 Å². The monoisotopic (exact) mass is 447 g/mol. The molecule has 2 aromatic rings. The van der Waals surface area contributed by atoms with E-state index in [1.807, 2.05) is 43.3 Å². The average molecular weight is 448 g/mol.